The van der Waals surface area contributed by atoms with Crippen LogP contribution < -0.4 is 15.9 Å². The van der Waals surface area contributed by atoms with Gasteiger partial charge in [-0.2, -0.15) is 18.4 Å². The Labute approximate surface area is 190 Å². The number of nitriles is 1. The number of rotatable bonds is 4. The van der Waals surface area contributed by atoms with E-state index in [4.69, 9.17) is 0 Å². The lowest BCUT2D eigenvalue weighted by atomic mass is 10.0. The SMILES string of the molecule is N#Cc1ccc2c(-c3nc(NC4CCCNC4)ncc3C(F)(F)F)c[nH]c2c1P1CCCC1. The minimum Gasteiger partial charge on any atom is -0.360 e. The molecule has 0 bridgehead atoms. The Morgan fingerprint density at radius 3 is 2.70 bits per heavy atom. The number of alkyl halides is 3. The lowest BCUT2D eigenvalue weighted by Crippen LogP contribution is -2.38. The Morgan fingerprint density at radius 1 is 1.18 bits per heavy atom. The Bertz CT molecular complexity index is 1200. The third kappa shape index (κ3) is 4.30. The summed E-state index contributed by atoms with van der Waals surface area (Å²) in [5.74, 6) is 0.190. The molecule has 2 aliphatic rings. The summed E-state index contributed by atoms with van der Waals surface area (Å²) in [7, 11) is -0.499. The number of nitrogens with one attached hydrogen (secondary N) is 3. The first-order valence-corrected chi connectivity index (χ1v) is 12.9. The van der Waals surface area contributed by atoms with Gasteiger partial charge in [-0.1, -0.05) is 14.0 Å². The highest BCUT2D eigenvalue weighted by molar-refractivity contribution is 7.66. The molecule has 4 heterocycles. The molecule has 5 rings (SSSR count). The average Bonchev–Trinajstić information content (AvgIpc) is 3.48. The van der Waals surface area contributed by atoms with Gasteiger partial charge in [-0.25, -0.2) is 9.97 Å². The number of anilines is 1. The Morgan fingerprint density at radius 2 is 2.00 bits per heavy atom. The van der Waals surface area contributed by atoms with Gasteiger partial charge in [-0.3, -0.25) is 0 Å². The first kappa shape index (κ1) is 22.1. The minimum atomic E-state index is -4.59. The van der Waals surface area contributed by atoms with E-state index < -0.39 is 19.7 Å². The van der Waals surface area contributed by atoms with Gasteiger partial charge in [0.15, 0.2) is 0 Å². The molecule has 6 nitrogen and oxygen atoms in total. The molecule has 0 amide bonds. The van der Waals surface area contributed by atoms with Crippen molar-refractivity contribution in [2.45, 2.75) is 37.9 Å². The molecule has 172 valence electrons. The van der Waals surface area contributed by atoms with Crippen molar-refractivity contribution in [3.63, 3.8) is 0 Å². The number of aromatic amines is 1. The third-order valence-corrected chi connectivity index (χ3v) is 9.16. The average molecular weight is 472 g/mol. The monoisotopic (exact) mass is 472 g/mol. The maximum absolute atomic E-state index is 13.9. The summed E-state index contributed by atoms with van der Waals surface area (Å²) in [5, 5.41) is 17.8. The van der Waals surface area contributed by atoms with Gasteiger partial charge in [0, 0.05) is 41.2 Å². The summed E-state index contributed by atoms with van der Waals surface area (Å²) in [6.45, 7) is 1.65. The Balaban J connectivity index is 1.63. The van der Waals surface area contributed by atoms with E-state index in [1.165, 1.54) is 0 Å². The molecule has 1 unspecified atom stereocenters. The van der Waals surface area contributed by atoms with Gasteiger partial charge in [-0.05, 0) is 50.6 Å². The number of hydrogen-bond donors (Lipinski definition) is 3. The largest absolute Gasteiger partial charge is 0.419 e. The maximum atomic E-state index is 13.9. The first-order valence-electron chi connectivity index (χ1n) is 11.2. The fourth-order valence-corrected chi connectivity index (χ4v) is 7.61. The van der Waals surface area contributed by atoms with E-state index in [9.17, 15) is 18.4 Å². The molecule has 3 N–H and O–H groups in total. The maximum Gasteiger partial charge on any atom is 0.419 e. The lowest BCUT2D eigenvalue weighted by molar-refractivity contribution is -0.137. The van der Waals surface area contributed by atoms with Crippen molar-refractivity contribution >= 4 is 30.1 Å². The van der Waals surface area contributed by atoms with Gasteiger partial charge in [-0.15, -0.1) is 0 Å². The van der Waals surface area contributed by atoms with Crippen molar-refractivity contribution in [3.05, 3.63) is 35.7 Å². The molecular weight excluding hydrogens is 448 g/mol. The minimum absolute atomic E-state index is 0.0706. The van der Waals surface area contributed by atoms with Crippen LogP contribution in [0.2, 0.25) is 0 Å². The molecule has 3 aromatic rings. The summed E-state index contributed by atoms with van der Waals surface area (Å²) in [4.78, 5) is 11.5. The molecule has 0 spiro atoms. The number of fused-ring (bicyclic) bond motifs is 1. The zero-order valence-electron chi connectivity index (χ0n) is 18.0. The second-order valence-corrected chi connectivity index (χ2v) is 11.0. The molecule has 1 aromatic carbocycles. The van der Waals surface area contributed by atoms with E-state index in [1.807, 2.05) is 0 Å². The second-order valence-electron chi connectivity index (χ2n) is 8.53. The molecule has 0 saturated carbocycles. The van der Waals surface area contributed by atoms with Gasteiger partial charge in [0.05, 0.1) is 22.8 Å². The molecular formula is C23H24F3N6P. The third-order valence-electron chi connectivity index (χ3n) is 6.35. The van der Waals surface area contributed by atoms with E-state index in [2.05, 4.69) is 31.7 Å². The van der Waals surface area contributed by atoms with E-state index in [0.29, 0.717) is 16.5 Å². The van der Waals surface area contributed by atoms with Crippen LogP contribution in [0.4, 0.5) is 19.1 Å². The van der Waals surface area contributed by atoms with Gasteiger partial charge < -0.3 is 15.6 Å². The number of nitrogens with zero attached hydrogens (tertiary/aromatic N) is 3. The van der Waals surface area contributed by atoms with Crippen LogP contribution in [0.15, 0.2) is 24.5 Å². The van der Waals surface area contributed by atoms with Crippen molar-refractivity contribution in [2.24, 2.45) is 0 Å². The normalized spacial score (nSPS) is 19.6. The standard InChI is InChI=1S/C23H24F3N6P/c24-23(25,26)18-13-30-22(31-15-4-3-7-28-11-15)32-19(18)17-12-29-20-16(17)6-5-14(10-27)21(20)33-8-1-2-9-33/h5-6,12-13,15,28-29H,1-4,7-9,11H2,(H,30,31,32). The molecule has 2 aliphatic heterocycles. The fraction of sp³-hybridized carbons (Fsp3) is 0.435. The Kier molecular flexibility index (Phi) is 5.98. The highest BCUT2D eigenvalue weighted by atomic mass is 31.1. The van der Waals surface area contributed by atoms with Crippen LogP contribution in [0.25, 0.3) is 22.2 Å². The van der Waals surface area contributed by atoms with Crippen LogP contribution in [-0.2, 0) is 6.18 Å². The number of piperidine rings is 1. The smallest absolute Gasteiger partial charge is 0.360 e. The van der Waals surface area contributed by atoms with Gasteiger partial charge >= 0.3 is 6.18 Å². The van der Waals surface area contributed by atoms with Crippen LogP contribution in [0.3, 0.4) is 0 Å². The summed E-state index contributed by atoms with van der Waals surface area (Å²) < 4.78 is 41.7. The summed E-state index contributed by atoms with van der Waals surface area (Å²) in [6.07, 6.45) is 4.09. The van der Waals surface area contributed by atoms with Crippen LogP contribution in [-0.4, -0.2) is 46.4 Å². The van der Waals surface area contributed by atoms with Gasteiger partial charge in [0.25, 0.3) is 0 Å². The Hall–Kier alpha value is -2.69. The highest BCUT2D eigenvalue weighted by Gasteiger charge is 2.36. The predicted molar refractivity (Wildman–Crippen MR) is 124 cm³/mol. The zero-order valence-corrected chi connectivity index (χ0v) is 18.9. The first-order chi connectivity index (χ1) is 16.0. The highest BCUT2D eigenvalue weighted by Crippen LogP contribution is 2.46. The van der Waals surface area contributed by atoms with Crippen LogP contribution >= 0.6 is 7.92 Å². The lowest BCUT2D eigenvalue weighted by Gasteiger charge is -2.24. The number of halogens is 3. The fourth-order valence-electron chi connectivity index (χ4n) is 4.76. The number of H-pyrrole nitrogens is 1. The van der Waals surface area contributed by atoms with E-state index >= 15 is 0 Å². The van der Waals surface area contributed by atoms with E-state index in [0.717, 1.165) is 68.1 Å². The summed E-state index contributed by atoms with van der Waals surface area (Å²) in [5.41, 5.74) is 0.729. The van der Waals surface area contributed by atoms with Crippen molar-refractivity contribution < 1.29 is 13.2 Å². The van der Waals surface area contributed by atoms with Crippen LogP contribution in [0, 0.1) is 11.3 Å². The summed E-state index contributed by atoms with van der Waals surface area (Å²) in [6, 6.07) is 5.81. The molecule has 1 atom stereocenters. The zero-order chi connectivity index (χ0) is 23.0. The summed E-state index contributed by atoms with van der Waals surface area (Å²) >= 11 is 0. The van der Waals surface area contributed by atoms with Crippen LogP contribution in [0.1, 0.15) is 36.8 Å². The van der Waals surface area contributed by atoms with Crippen molar-refractivity contribution in [1.29, 1.82) is 5.26 Å². The molecule has 2 aromatic heterocycles. The van der Waals surface area contributed by atoms with Crippen molar-refractivity contribution in [3.8, 4) is 17.3 Å². The quantitative estimate of drug-likeness (QED) is 0.484. The predicted octanol–water partition coefficient (Wildman–Crippen LogP) is 4.58. The molecule has 0 radical (unpaired) electrons. The topological polar surface area (TPSA) is 89.4 Å². The van der Waals surface area contributed by atoms with Gasteiger partial charge in [0.2, 0.25) is 5.95 Å². The molecule has 0 aliphatic carbocycles. The number of hydrogen-bond acceptors (Lipinski definition) is 5. The molecule has 10 heteroatoms. The molecule has 2 saturated heterocycles. The van der Waals surface area contributed by atoms with Crippen molar-refractivity contribution in [1.82, 2.24) is 20.3 Å². The number of aromatic nitrogens is 3. The van der Waals surface area contributed by atoms with Crippen LogP contribution in [0.5, 0.6) is 0 Å². The van der Waals surface area contributed by atoms with E-state index in [1.54, 1.807) is 18.3 Å². The second kappa shape index (κ2) is 8.92. The van der Waals surface area contributed by atoms with E-state index in [-0.39, 0.29) is 17.7 Å². The van der Waals surface area contributed by atoms with Gasteiger partial charge in [0.1, 0.15) is 5.56 Å². The van der Waals surface area contributed by atoms with Crippen molar-refractivity contribution in [2.75, 3.05) is 30.7 Å². The number of benzene rings is 1. The molecule has 2 fully saturated rings. The molecule has 33 heavy (non-hydrogen) atoms.